The van der Waals surface area contributed by atoms with Crippen molar-refractivity contribution in [2.45, 2.75) is 17.7 Å². The van der Waals surface area contributed by atoms with E-state index < -0.39 is 0 Å². The zero-order valence-corrected chi connectivity index (χ0v) is 15.5. The number of rotatable bonds is 3. The number of anilines is 3. The van der Waals surface area contributed by atoms with Crippen LogP contribution in [0.5, 0.6) is 0 Å². The van der Waals surface area contributed by atoms with E-state index in [4.69, 9.17) is 4.98 Å². The molecule has 1 amide bonds. The standard InChI is InChI=1S/C20H17N5OS/c1-27-13-5-6-16-14(9-13)15-10-21-25-19(15)20(24-16)22-12-4-2-11-3-7-18(26)23-17(11)8-12/h2,4-6,8-10H,3,7H2,1H3,(H,21,25)(H,22,24)(H,23,26). The van der Waals surface area contributed by atoms with Crippen molar-refractivity contribution in [3.63, 3.8) is 0 Å². The van der Waals surface area contributed by atoms with Gasteiger partial charge in [-0.05, 0) is 48.6 Å². The number of pyridine rings is 1. The number of amides is 1. The first-order valence-corrected chi connectivity index (χ1v) is 9.94. The van der Waals surface area contributed by atoms with Gasteiger partial charge in [-0.15, -0.1) is 11.8 Å². The van der Waals surface area contributed by atoms with Gasteiger partial charge < -0.3 is 10.6 Å². The molecule has 134 valence electrons. The lowest BCUT2D eigenvalue weighted by Crippen LogP contribution is -2.18. The molecule has 2 aromatic heterocycles. The lowest BCUT2D eigenvalue weighted by Gasteiger charge is -2.18. The summed E-state index contributed by atoms with van der Waals surface area (Å²) >= 11 is 1.71. The Morgan fingerprint density at radius 1 is 1.11 bits per heavy atom. The molecule has 2 aromatic carbocycles. The quantitative estimate of drug-likeness (QED) is 0.461. The number of carbonyl (C=O) groups is 1. The van der Waals surface area contributed by atoms with Crippen molar-refractivity contribution in [2.24, 2.45) is 0 Å². The van der Waals surface area contributed by atoms with Gasteiger partial charge in [-0.25, -0.2) is 4.98 Å². The van der Waals surface area contributed by atoms with Crippen molar-refractivity contribution in [1.29, 1.82) is 0 Å². The summed E-state index contributed by atoms with van der Waals surface area (Å²) in [6.45, 7) is 0. The van der Waals surface area contributed by atoms with Crippen molar-refractivity contribution in [1.82, 2.24) is 15.2 Å². The first kappa shape index (κ1) is 16.1. The van der Waals surface area contributed by atoms with E-state index in [0.29, 0.717) is 12.2 Å². The van der Waals surface area contributed by atoms with Gasteiger partial charge in [-0.1, -0.05) is 6.07 Å². The topological polar surface area (TPSA) is 82.7 Å². The van der Waals surface area contributed by atoms with Gasteiger partial charge in [0.15, 0.2) is 5.82 Å². The number of nitrogens with one attached hydrogen (secondary N) is 3. The van der Waals surface area contributed by atoms with Gasteiger partial charge in [-0.2, -0.15) is 5.10 Å². The number of hydrogen-bond donors (Lipinski definition) is 3. The van der Waals surface area contributed by atoms with Crippen LogP contribution < -0.4 is 10.6 Å². The average molecular weight is 375 g/mol. The summed E-state index contributed by atoms with van der Waals surface area (Å²) in [5.41, 5.74) is 4.67. The van der Waals surface area contributed by atoms with E-state index in [2.05, 4.69) is 39.2 Å². The summed E-state index contributed by atoms with van der Waals surface area (Å²) in [6, 6.07) is 12.3. The molecule has 0 bridgehead atoms. The molecule has 0 spiro atoms. The Hall–Kier alpha value is -3.06. The largest absolute Gasteiger partial charge is 0.338 e. The smallest absolute Gasteiger partial charge is 0.224 e. The van der Waals surface area contributed by atoms with E-state index >= 15 is 0 Å². The molecular weight excluding hydrogens is 358 g/mol. The van der Waals surface area contributed by atoms with Gasteiger partial charge in [0.25, 0.3) is 0 Å². The first-order chi connectivity index (χ1) is 13.2. The molecule has 0 fully saturated rings. The van der Waals surface area contributed by atoms with Gasteiger partial charge in [0.1, 0.15) is 5.52 Å². The van der Waals surface area contributed by atoms with E-state index in [1.54, 1.807) is 11.8 Å². The monoisotopic (exact) mass is 375 g/mol. The second kappa shape index (κ2) is 6.28. The lowest BCUT2D eigenvalue weighted by atomic mass is 10.0. The Bertz CT molecular complexity index is 1200. The highest BCUT2D eigenvalue weighted by atomic mass is 32.2. The predicted molar refractivity (Wildman–Crippen MR) is 110 cm³/mol. The molecule has 1 aliphatic heterocycles. The van der Waals surface area contributed by atoms with Crippen LogP contribution in [-0.4, -0.2) is 27.3 Å². The number of aromatic amines is 1. The third kappa shape index (κ3) is 2.80. The molecule has 6 nitrogen and oxygen atoms in total. The first-order valence-electron chi connectivity index (χ1n) is 8.72. The number of H-pyrrole nitrogens is 1. The highest BCUT2D eigenvalue weighted by Crippen LogP contribution is 2.33. The third-order valence-corrected chi connectivity index (χ3v) is 5.60. The number of fused-ring (bicyclic) bond motifs is 4. The highest BCUT2D eigenvalue weighted by molar-refractivity contribution is 7.98. The maximum Gasteiger partial charge on any atom is 0.224 e. The van der Waals surface area contributed by atoms with Crippen LogP contribution in [0, 0.1) is 0 Å². The molecule has 5 rings (SSSR count). The maximum absolute atomic E-state index is 11.7. The van der Waals surface area contributed by atoms with Crippen molar-refractivity contribution in [2.75, 3.05) is 16.9 Å². The van der Waals surface area contributed by atoms with E-state index in [0.717, 1.165) is 45.2 Å². The van der Waals surface area contributed by atoms with Crippen LogP contribution in [0.25, 0.3) is 21.8 Å². The molecule has 0 radical (unpaired) electrons. The van der Waals surface area contributed by atoms with Crippen LogP contribution in [0.1, 0.15) is 12.0 Å². The third-order valence-electron chi connectivity index (χ3n) is 4.87. The molecule has 4 aromatic rings. The maximum atomic E-state index is 11.7. The van der Waals surface area contributed by atoms with Crippen molar-refractivity contribution >= 4 is 56.7 Å². The van der Waals surface area contributed by atoms with Gasteiger partial charge in [0.2, 0.25) is 5.91 Å². The number of thioether (sulfide) groups is 1. The summed E-state index contributed by atoms with van der Waals surface area (Å²) in [5.74, 6) is 0.776. The Kier molecular flexibility index (Phi) is 3.75. The van der Waals surface area contributed by atoms with E-state index in [9.17, 15) is 4.79 Å². The predicted octanol–water partition coefficient (Wildman–Crippen LogP) is 4.46. The second-order valence-electron chi connectivity index (χ2n) is 6.55. The molecular formula is C20H17N5OS. The Labute approximate surface area is 159 Å². The molecule has 0 aliphatic carbocycles. The lowest BCUT2D eigenvalue weighted by molar-refractivity contribution is -0.116. The van der Waals surface area contributed by atoms with Crippen LogP contribution in [0.2, 0.25) is 0 Å². The number of benzene rings is 2. The molecule has 0 atom stereocenters. The Balaban J connectivity index is 1.60. The second-order valence-corrected chi connectivity index (χ2v) is 7.43. The molecule has 3 N–H and O–H groups in total. The summed E-state index contributed by atoms with van der Waals surface area (Å²) in [4.78, 5) is 17.7. The van der Waals surface area contributed by atoms with Gasteiger partial charge in [-0.3, -0.25) is 9.89 Å². The normalized spacial score (nSPS) is 13.6. The van der Waals surface area contributed by atoms with Crippen molar-refractivity contribution < 1.29 is 4.79 Å². The highest BCUT2D eigenvalue weighted by Gasteiger charge is 2.16. The van der Waals surface area contributed by atoms with E-state index in [1.165, 1.54) is 4.90 Å². The molecule has 7 heteroatoms. The van der Waals surface area contributed by atoms with Crippen LogP contribution in [0.3, 0.4) is 0 Å². The van der Waals surface area contributed by atoms with Crippen LogP contribution >= 0.6 is 11.8 Å². The molecule has 0 unspecified atom stereocenters. The molecule has 1 aliphatic rings. The molecule has 3 heterocycles. The minimum atomic E-state index is 0.0593. The van der Waals surface area contributed by atoms with Crippen molar-refractivity contribution in [3.8, 4) is 0 Å². The number of aryl methyl sites for hydroxylation is 1. The average Bonchev–Trinajstić information content (AvgIpc) is 3.18. The zero-order chi connectivity index (χ0) is 18.4. The van der Waals surface area contributed by atoms with Crippen LogP contribution in [-0.2, 0) is 11.2 Å². The van der Waals surface area contributed by atoms with E-state index in [-0.39, 0.29) is 5.91 Å². The van der Waals surface area contributed by atoms with Crippen LogP contribution in [0.15, 0.2) is 47.5 Å². The van der Waals surface area contributed by atoms with Gasteiger partial charge >= 0.3 is 0 Å². The SMILES string of the molecule is CSc1ccc2nc(Nc3ccc4c(c3)NC(=O)CC4)c3[nH]ncc3c2c1. The zero-order valence-electron chi connectivity index (χ0n) is 14.7. The van der Waals surface area contributed by atoms with E-state index in [1.807, 2.05) is 30.5 Å². The minimum Gasteiger partial charge on any atom is -0.338 e. The number of nitrogens with zero attached hydrogens (tertiary/aromatic N) is 2. The fourth-order valence-corrected chi connectivity index (χ4v) is 3.92. The fraction of sp³-hybridized carbons (Fsp3) is 0.150. The molecule has 27 heavy (non-hydrogen) atoms. The summed E-state index contributed by atoms with van der Waals surface area (Å²) in [5, 5.41) is 15.7. The number of hydrogen-bond acceptors (Lipinski definition) is 5. The molecule has 0 saturated carbocycles. The van der Waals surface area contributed by atoms with Crippen molar-refractivity contribution in [3.05, 3.63) is 48.2 Å². The number of carbonyl (C=O) groups excluding carboxylic acids is 1. The minimum absolute atomic E-state index is 0.0593. The number of aromatic nitrogens is 3. The summed E-state index contributed by atoms with van der Waals surface area (Å²) < 4.78 is 0. The van der Waals surface area contributed by atoms with Gasteiger partial charge in [0.05, 0.1) is 11.7 Å². The fourth-order valence-electron chi connectivity index (χ4n) is 3.48. The van der Waals surface area contributed by atoms with Gasteiger partial charge in [0, 0.05) is 33.5 Å². The Morgan fingerprint density at radius 3 is 2.93 bits per heavy atom. The molecule has 0 saturated heterocycles. The summed E-state index contributed by atoms with van der Waals surface area (Å²) in [6.07, 6.45) is 5.21. The Morgan fingerprint density at radius 2 is 2.04 bits per heavy atom. The summed E-state index contributed by atoms with van der Waals surface area (Å²) in [7, 11) is 0. The van der Waals surface area contributed by atoms with Crippen LogP contribution in [0.4, 0.5) is 17.2 Å².